The molecule has 1 heterocycles. The number of Topliss-reactive ketones (excluding diaryl/α,β-unsaturated/α-hetero) is 1. The minimum Gasteiger partial charge on any atom is -0.473 e. The largest absolute Gasteiger partial charge is 0.473 e. The number of aryl methyl sites for hydroxylation is 1. The first-order valence-electron chi connectivity index (χ1n) is 6.74. The molecule has 0 fully saturated rings. The fraction of sp³-hybridized carbons (Fsp3) is 0.250. The van der Waals surface area contributed by atoms with E-state index < -0.39 is 0 Å². The highest BCUT2D eigenvalue weighted by Gasteiger charge is 2.18. The van der Waals surface area contributed by atoms with Gasteiger partial charge in [0.2, 0.25) is 5.88 Å². The number of hydrogen-bond acceptors (Lipinski definition) is 3. The first kappa shape index (κ1) is 14.4. The zero-order valence-corrected chi connectivity index (χ0v) is 12.7. The quantitative estimate of drug-likeness (QED) is 0.836. The Hall–Kier alpha value is -1.58. The van der Waals surface area contributed by atoms with E-state index in [1.165, 1.54) is 0 Å². The predicted octanol–water partition coefficient (Wildman–Crippen LogP) is 4.49. The van der Waals surface area contributed by atoms with Crippen LogP contribution < -0.4 is 4.74 Å². The Morgan fingerprint density at radius 2 is 1.86 bits per heavy atom. The van der Waals surface area contributed by atoms with Crippen LogP contribution in [-0.2, 0) is 13.0 Å². The fourth-order valence-electron chi connectivity index (χ4n) is 2.37. The minimum atomic E-state index is 0.157. The third-order valence-corrected chi connectivity index (χ3v) is 4.20. The molecule has 108 valence electrons. The van der Waals surface area contributed by atoms with Crippen molar-refractivity contribution in [3.05, 3.63) is 57.2 Å². The number of ketones is 1. The van der Waals surface area contributed by atoms with E-state index in [-0.39, 0.29) is 12.4 Å². The predicted molar refractivity (Wildman–Crippen MR) is 82.3 cm³/mol. The summed E-state index contributed by atoms with van der Waals surface area (Å²) < 4.78 is 5.66. The van der Waals surface area contributed by atoms with Crippen LogP contribution in [-0.4, -0.2) is 10.8 Å². The Morgan fingerprint density at radius 3 is 2.62 bits per heavy atom. The maximum Gasteiger partial charge on any atom is 0.213 e. The van der Waals surface area contributed by atoms with E-state index in [1.807, 2.05) is 0 Å². The van der Waals surface area contributed by atoms with Crippen molar-refractivity contribution in [3.8, 4) is 5.88 Å². The van der Waals surface area contributed by atoms with Gasteiger partial charge in [-0.05, 0) is 31.0 Å². The van der Waals surface area contributed by atoms with Crippen LogP contribution >= 0.6 is 23.2 Å². The molecule has 0 radical (unpaired) electrons. The van der Waals surface area contributed by atoms with Crippen molar-refractivity contribution in [1.29, 1.82) is 0 Å². The van der Waals surface area contributed by atoms with Crippen LogP contribution in [0.25, 0.3) is 0 Å². The average molecular weight is 322 g/mol. The summed E-state index contributed by atoms with van der Waals surface area (Å²) in [6.07, 6.45) is 2.26. The number of carbonyl (C=O) groups excluding carboxylic acids is 1. The summed E-state index contributed by atoms with van der Waals surface area (Å²) in [5.74, 6) is 0.642. The highest BCUT2D eigenvalue weighted by Crippen LogP contribution is 2.26. The third kappa shape index (κ3) is 3.04. The highest BCUT2D eigenvalue weighted by atomic mass is 35.5. The lowest BCUT2D eigenvalue weighted by atomic mass is 9.95. The standard InChI is InChI=1S/C16H13Cl2NO2/c17-12-3-1-4-13(18)11(12)9-21-16-8-7-10-14(19-16)5-2-6-15(10)20/h1,3-4,7-8H,2,5-6,9H2. The van der Waals surface area contributed by atoms with Crippen LogP contribution in [0.3, 0.4) is 0 Å². The Balaban J connectivity index is 1.78. The number of carbonyl (C=O) groups is 1. The summed E-state index contributed by atoms with van der Waals surface area (Å²) in [7, 11) is 0. The van der Waals surface area contributed by atoms with Gasteiger partial charge < -0.3 is 4.74 Å². The van der Waals surface area contributed by atoms with Gasteiger partial charge in [-0.15, -0.1) is 0 Å². The van der Waals surface area contributed by atoms with Crippen molar-refractivity contribution in [3.63, 3.8) is 0 Å². The van der Waals surface area contributed by atoms with Crippen LogP contribution in [0.5, 0.6) is 5.88 Å². The molecule has 5 heteroatoms. The van der Waals surface area contributed by atoms with Gasteiger partial charge in [0.25, 0.3) is 0 Å². The minimum absolute atomic E-state index is 0.157. The van der Waals surface area contributed by atoms with E-state index in [1.54, 1.807) is 30.3 Å². The van der Waals surface area contributed by atoms with Gasteiger partial charge in [0.05, 0.1) is 5.69 Å². The molecule has 0 saturated heterocycles. The van der Waals surface area contributed by atoms with Crippen molar-refractivity contribution in [2.45, 2.75) is 25.9 Å². The number of hydrogen-bond donors (Lipinski definition) is 0. The Kier molecular flexibility index (Phi) is 4.13. The van der Waals surface area contributed by atoms with E-state index in [0.717, 1.165) is 24.1 Å². The lowest BCUT2D eigenvalue weighted by Gasteiger charge is -2.15. The zero-order valence-electron chi connectivity index (χ0n) is 11.2. The number of nitrogens with zero attached hydrogens (tertiary/aromatic N) is 1. The molecule has 1 aliphatic rings. The Morgan fingerprint density at radius 1 is 1.10 bits per heavy atom. The first-order chi connectivity index (χ1) is 10.1. The van der Waals surface area contributed by atoms with Gasteiger partial charge >= 0.3 is 0 Å². The molecule has 0 spiro atoms. The van der Waals surface area contributed by atoms with Gasteiger partial charge in [-0.1, -0.05) is 29.3 Å². The SMILES string of the molecule is O=C1CCCc2nc(OCc3c(Cl)cccc3Cl)ccc21. The molecule has 0 bridgehead atoms. The van der Waals surface area contributed by atoms with E-state index in [0.29, 0.717) is 27.9 Å². The van der Waals surface area contributed by atoms with Gasteiger partial charge in [-0.3, -0.25) is 4.79 Å². The summed E-state index contributed by atoms with van der Waals surface area (Å²) in [6, 6.07) is 8.83. The molecule has 1 aromatic heterocycles. The monoisotopic (exact) mass is 321 g/mol. The molecule has 0 atom stereocenters. The maximum absolute atomic E-state index is 11.7. The van der Waals surface area contributed by atoms with E-state index in [9.17, 15) is 4.79 Å². The maximum atomic E-state index is 11.7. The van der Waals surface area contributed by atoms with E-state index in [2.05, 4.69) is 4.98 Å². The third-order valence-electron chi connectivity index (χ3n) is 3.49. The molecule has 0 N–H and O–H groups in total. The number of ether oxygens (including phenoxy) is 1. The lowest BCUT2D eigenvalue weighted by Crippen LogP contribution is -2.13. The van der Waals surface area contributed by atoms with Gasteiger partial charge in [0.15, 0.2) is 5.78 Å². The van der Waals surface area contributed by atoms with Crippen molar-refractivity contribution < 1.29 is 9.53 Å². The first-order valence-corrected chi connectivity index (χ1v) is 7.49. The summed E-state index contributed by atoms with van der Waals surface area (Å²) in [6.45, 7) is 0.248. The second-order valence-corrected chi connectivity index (χ2v) is 5.72. The van der Waals surface area contributed by atoms with E-state index in [4.69, 9.17) is 27.9 Å². The van der Waals surface area contributed by atoms with Gasteiger partial charge in [0.1, 0.15) is 6.61 Å². The van der Waals surface area contributed by atoms with Crippen molar-refractivity contribution >= 4 is 29.0 Å². The number of fused-ring (bicyclic) bond motifs is 1. The van der Waals surface area contributed by atoms with Crippen molar-refractivity contribution in [2.24, 2.45) is 0 Å². The number of benzene rings is 1. The average Bonchev–Trinajstić information content (AvgIpc) is 2.47. The molecule has 1 aliphatic carbocycles. The topological polar surface area (TPSA) is 39.2 Å². The molecule has 21 heavy (non-hydrogen) atoms. The smallest absolute Gasteiger partial charge is 0.213 e. The lowest BCUT2D eigenvalue weighted by molar-refractivity contribution is 0.0971. The molecule has 3 rings (SSSR count). The van der Waals surface area contributed by atoms with Gasteiger partial charge in [-0.2, -0.15) is 0 Å². The van der Waals surface area contributed by atoms with Crippen molar-refractivity contribution in [2.75, 3.05) is 0 Å². The highest BCUT2D eigenvalue weighted by molar-refractivity contribution is 6.35. The number of aromatic nitrogens is 1. The molecule has 3 nitrogen and oxygen atoms in total. The summed E-state index contributed by atoms with van der Waals surface area (Å²) in [5, 5.41) is 1.13. The van der Waals surface area contributed by atoms with E-state index >= 15 is 0 Å². The molecular weight excluding hydrogens is 309 g/mol. The fourth-order valence-corrected chi connectivity index (χ4v) is 2.88. The van der Waals surface area contributed by atoms with Gasteiger partial charge in [0, 0.05) is 33.7 Å². The summed E-state index contributed by atoms with van der Waals surface area (Å²) in [5.41, 5.74) is 2.26. The number of halogens is 2. The molecular formula is C16H13Cl2NO2. The molecule has 2 aromatic rings. The van der Waals surface area contributed by atoms with Crippen LogP contribution in [0.4, 0.5) is 0 Å². The van der Waals surface area contributed by atoms with Crippen LogP contribution in [0.2, 0.25) is 10.0 Å². The molecule has 0 unspecified atom stereocenters. The zero-order chi connectivity index (χ0) is 14.8. The molecule has 0 amide bonds. The Bertz CT molecular complexity index is 680. The normalized spacial score (nSPS) is 13.9. The summed E-state index contributed by atoms with van der Waals surface area (Å²) in [4.78, 5) is 16.2. The second kappa shape index (κ2) is 6.04. The molecule has 0 saturated carbocycles. The molecule has 1 aromatic carbocycles. The Labute approximate surface area is 132 Å². The molecule has 0 aliphatic heterocycles. The van der Waals surface area contributed by atoms with Crippen LogP contribution in [0, 0.1) is 0 Å². The van der Waals surface area contributed by atoms with Crippen molar-refractivity contribution in [1.82, 2.24) is 4.98 Å². The number of pyridine rings is 1. The van der Waals surface area contributed by atoms with Gasteiger partial charge in [-0.25, -0.2) is 4.98 Å². The number of rotatable bonds is 3. The van der Waals surface area contributed by atoms with Crippen LogP contribution in [0.1, 0.15) is 34.5 Å². The second-order valence-electron chi connectivity index (χ2n) is 4.91. The summed E-state index contributed by atoms with van der Waals surface area (Å²) >= 11 is 12.2. The van der Waals surface area contributed by atoms with Crippen LogP contribution in [0.15, 0.2) is 30.3 Å².